The third-order valence-electron chi connectivity index (χ3n) is 4.01. The fourth-order valence-electron chi connectivity index (χ4n) is 2.74. The molecule has 1 atom stereocenters. The summed E-state index contributed by atoms with van der Waals surface area (Å²) in [6.07, 6.45) is -0.191. The van der Waals surface area contributed by atoms with Crippen LogP contribution in [-0.2, 0) is 9.59 Å². The first-order valence-corrected chi connectivity index (χ1v) is 8.09. The zero-order chi connectivity index (χ0) is 17.7. The highest BCUT2D eigenvalue weighted by atomic mass is 16.2. The molecule has 0 aromatic heterocycles. The lowest BCUT2D eigenvalue weighted by atomic mass is 10.0. The molecule has 0 radical (unpaired) electrons. The third kappa shape index (κ3) is 4.69. The summed E-state index contributed by atoms with van der Waals surface area (Å²) < 4.78 is 0. The molecule has 4 nitrogen and oxygen atoms in total. The van der Waals surface area contributed by atoms with Crippen molar-refractivity contribution in [2.75, 3.05) is 5.32 Å². The van der Waals surface area contributed by atoms with Crippen LogP contribution in [-0.4, -0.2) is 11.8 Å². The Balaban J connectivity index is 1.92. The summed E-state index contributed by atoms with van der Waals surface area (Å²) in [5.41, 5.74) is 5.08. The topological polar surface area (TPSA) is 58.2 Å². The highest BCUT2D eigenvalue weighted by Gasteiger charge is 2.15. The fraction of sp³-hybridized carbons (Fsp3) is 0.300. The number of benzene rings is 2. The minimum atomic E-state index is -0.311. The number of aryl methyl sites for hydroxylation is 3. The zero-order valence-corrected chi connectivity index (χ0v) is 14.6. The van der Waals surface area contributed by atoms with Gasteiger partial charge in [-0.1, -0.05) is 42.0 Å². The van der Waals surface area contributed by atoms with E-state index in [1.807, 2.05) is 64.1 Å². The lowest BCUT2D eigenvalue weighted by Crippen LogP contribution is -2.30. The van der Waals surface area contributed by atoms with Gasteiger partial charge in [-0.3, -0.25) is 9.59 Å². The number of para-hydroxylation sites is 1. The van der Waals surface area contributed by atoms with E-state index in [1.54, 1.807) is 0 Å². The molecule has 126 valence electrons. The number of anilines is 1. The Morgan fingerprint density at radius 3 is 2.33 bits per heavy atom. The van der Waals surface area contributed by atoms with E-state index in [1.165, 1.54) is 5.56 Å². The molecule has 0 aliphatic heterocycles. The molecule has 0 aliphatic carbocycles. The first-order valence-electron chi connectivity index (χ1n) is 8.09. The van der Waals surface area contributed by atoms with Gasteiger partial charge in [0.25, 0.3) is 0 Å². The summed E-state index contributed by atoms with van der Waals surface area (Å²) in [5.74, 6) is -0.594. The molecular formula is C20H24N2O2. The molecule has 0 bridgehead atoms. The van der Waals surface area contributed by atoms with Gasteiger partial charge in [0.2, 0.25) is 11.8 Å². The highest BCUT2D eigenvalue weighted by Crippen LogP contribution is 2.19. The van der Waals surface area contributed by atoms with Crippen molar-refractivity contribution in [2.45, 2.75) is 40.2 Å². The van der Waals surface area contributed by atoms with Crippen LogP contribution in [0.3, 0.4) is 0 Å². The molecule has 0 saturated carbocycles. The van der Waals surface area contributed by atoms with E-state index in [2.05, 4.69) is 16.7 Å². The van der Waals surface area contributed by atoms with Crippen molar-refractivity contribution < 1.29 is 9.59 Å². The number of amides is 2. The van der Waals surface area contributed by atoms with Gasteiger partial charge in [0.15, 0.2) is 0 Å². The van der Waals surface area contributed by atoms with E-state index in [0.29, 0.717) is 0 Å². The van der Waals surface area contributed by atoms with Crippen molar-refractivity contribution in [3.63, 3.8) is 0 Å². The molecular weight excluding hydrogens is 300 g/mol. The number of hydrogen-bond donors (Lipinski definition) is 2. The number of hydrogen-bond acceptors (Lipinski definition) is 2. The number of carbonyl (C=O) groups is 2. The molecule has 0 spiro atoms. The monoisotopic (exact) mass is 324 g/mol. The molecule has 24 heavy (non-hydrogen) atoms. The van der Waals surface area contributed by atoms with Crippen LogP contribution in [0.4, 0.5) is 5.69 Å². The maximum absolute atomic E-state index is 12.1. The molecule has 2 amide bonds. The van der Waals surface area contributed by atoms with Gasteiger partial charge in [0.05, 0.1) is 6.04 Å². The number of carbonyl (C=O) groups excluding carboxylic acids is 2. The second-order valence-corrected chi connectivity index (χ2v) is 6.19. The Morgan fingerprint density at radius 1 is 0.958 bits per heavy atom. The van der Waals surface area contributed by atoms with E-state index in [4.69, 9.17) is 0 Å². The molecule has 2 aromatic carbocycles. The Labute approximate surface area is 143 Å². The van der Waals surface area contributed by atoms with Crippen molar-refractivity contribution in [1.82, 2.24) is 5.32 Å². The number of nitrogens with one attached hydrogen (secondary N) is 2. The van der Waals surface area contributed by atoms with Crippen LogP contribution in [0, 0.1) is 20.8 Å². The van der Waals surface area contributed by atoms with Crippen LogP contribution in [0.1, 0.15) is 41.6 Å². The summed E-state index contributed by atoms with van der Waals surface area (Å²) in [4.78, 5) is 24.2. The van der Waals surface area contributed by atoms with E-state index >= 15 is 0 Å². The standard InChI is InChI=1S/C20H24N2O2/c1-13-9-10-17(15(3)11-13)16(4)21-19(23)12-20(24)22-18-8-6-5-7-14(18)2/h5-11,16H,12H2,1-4H3,(H,21,23)(H,22,24). The smallest absolute Gasteiger partial charge is 0.233 e. The van der Waals surface area contributed by atoms with Gasteiger partial charge in [-0.15, -0.1) is 0 Å². The number of rotatable bonds is 5. The van der Waals surface area contributed by atoms with Crippen LogP contribution in [0.25, 0.3) is 0 Å². The molecule has 2 N–H and O–H groups in total. The first kappa shape index (κ1) is 17.7. The molecule has 4 heteroatoms. The van der Waals surface area contributed by atoms with Crippen LogP contribution in [0.5, 0.6) is 0 Å². The second-order valence-electron chi connectivity index (χ2n) is 6.19. The Hall–Kier alpha value is -2.62. The Morgan fingerprint density at radius 2 is 1.67 bits per heavy atom. The van der Waals surface area contributed by atoms with Crippen molar-refractivity contribution in [1.29, 1.82) is 0 Å². The van der Waals surface area contributed by atoms with Crippen molar-refractivity contribution in [2.24, 2.45) is 0 Å². The van der Waals surface area contributed by atoms with E-state index < -0.39 is 0 Å². The van der Waals surface area contributed by atoms with Gasteiger partial charge >= 0.3 is 0 Å². The Kier molecular flexibility index (Phi) is 5.74. The molecule has 2 aromatic rings. The molecule has 1 unspecified atom stereocenters. The van der Waals surface area contributed by atoms with Gasteiger partial charge in [-0.05, 0) is 50.5 Å². The molecule has 0 aliphatic rings. The molecule has 2 rings (SSSR count). The maximum atomic E-state index is 12.1. The molecule has 0 fully saturated rings. The summed E-state index contributed by atoms with van der Waals surface area (Å²) in [7, 11) is 0. The quantitative estimate of drug-likeness (QED) is 0.822. The maximum Gasteiger partial charge on any atom is 0.233 e. The Bertz CT molecular complexity index is 753. The van der Waals surface area contributed by atoms with E-state index in [0.717, 1.165) is 22.4 Å². The molecule has 0 saturated heterocycles. The van der Waals surface area contributed by atoms with Gasteiger partial charge < -0.3 is 10.6 Å². The third-order valence-corrected chi connectivity index (χ3v) is 4.01. The predicted molar refractivity (Wildman–Crippen MR) is 96.9 cm³/mol. The average Bonchev–Trinajstić information content (AvgIpc) is 2.49. The molecule has 0 heterocycles. The summed E-state index contributed by atoms with van der Waals surface area (Å²) in [6, 6.07) is 13.5. The average molecular weight is 324 g/mol. The van der Waals surface area contributed by atoms with Crippen LogP contribution >= 0.6 is 0 Å². The fourth-order valence-corrected chi connectivity index (χ4v) is 2.74. The van der Waals surface area contributed by atoms with Gasteiger partial charge in [0, 0.05) is 5.69 Å². The van der Waals surface area contributed by atoms with E-state index in [-0.39, 0.29) is 24.3 Å². The lowest BCUT2D eigenvalue weighted by Gasteiger charge is -2.17. The van der Waals surface area contributed by atoms with Crippen molar-refractivity contribution >= 4 is 17.5 Å². The SMILES string of the molecule is Cc1ccc(C(C)NC(=O)CC(=O)Nc2ccccc2C)c(C)c1. The van der Waals surface area contributed by atoms with Crippen LogP contribution < -0.4 is 10.6 Å². The van der Waals surface area contributed by atoms with Crippen molar-refractivity contribution in [3.05, 3.63) is 64.7 Å². The zero-order valence-electron chi connectivity index (χ0n) is 14.6. The van der Waals surface area contributed by atoms with Gasteiger partial charge in [-0.2, -0.15) is 0 Å². The van der Waals surface area contributed by atoms with E-state index in [9.17, 15) is 9.59 Å². The van der Waals surface area contributed by atoms with Crippen molar-refractivity contribution in [3.8, 4) is 0 Å². The first-order chi connectivity index (χ1) is 11.4. The highest BCUT2D eigenvalue weighted by molar-refractivity contribution is 6.03. The summed E-state index contributed by atoms with van der Waals surface area (Å²) >= 11 is 0. The minimum Gasteiger partial charge on any atom is -0.349 e. The summed E-state index contributed by atoms with van der Waals surface area (Å²) in [5, 5.41) is 5.66. The largest absolute Gasteiger partial charge is 0.349 e. The lowest BCUT2D eigenvalue weighted by molar-refractivity contribution is -0.127. The van der Waals surface area contributed by atoms with Gasteiger partial charge in [-0.25, -0.2) is 0 Å². The minimum absolute atomic E-state index is 0.135. The van der Waals surface area contributed by atoms with Crippen LogP contribution in [0.2, 0.25) is 0 Å². The summed E-state index contributed by atoms with van der Waals surface area (Å²) in [6.45, 7) is 7.90. The second kappa shape index (κ2) is 7.77. The normalized spacial score (nSPS) is 11.7. The van der Waals surface area contributed by atoms with Crippen LogP contribution in [0.15, 0.2) is 42.5 Å². The van der Waals surface area contributed by atoms with Gasteiger partial charge in [0.1, 0.15) is 6.42 Å². The predicted octanol–water partition coefficient (Wildman–Crippen LogP) is 3.82.